The maximum atomic E-state index is 11.2. The molecule has 1 aliphatic carbocycles. The van der Waals surface area contributed by atoms with Crippen molar-refractivity contribution in [1.82, 2.24) is 4.98 Å². The van der Waals surface area contributed by atoms with Gasteiger partial charge in [-0.1, -0.05) is 12.1 Å². The molecule has 2 aliphatic rings. The molecule has 0 saturated heterocycles. The molecule has 0 spiro atoms. The van der Waals surface area contributed by atoms with Crippen molar-refractivity contribution < 1.29 is 4.42 Å². The van der Waals surface area contributed by atoms with Crippen molar-refractivity contribution >= 4 is 11.1 Å². The molecule has 0 fully saturated rings. The minimum absolute atomic E-state index is 0.0639. The molecule has 3 nitrogen and oxygen atoms in total. The van der Waals surface area contributed by atoms with Gasteiger partial charge >= 0.3 is 0 Å². The van der Waals surface area contributed by atoms with Gasteiger partial charge in [0.2, 0.25) is 0 Å². The van der Waals surface area contributed by atoms with Crippen molar-refractivity contribution in [2.45, 2.75) is 6.92 Å². The van der Waals surface area contributed by atoms with Gasteiger partial charge in [0.25, 0.3) is 0 Å². The molecule has 3 heteroatoms. The smallest absolute Gasteiger partial charge is 0.182 e. The SMILES string of the molecule is Cc1cccc2nc3ccc(=O)cc-3oc12. The average molecular weight is 211 g/mol. The second-order valence-electron chi connectivity index (χ2n) is 3.77. The highest BCUT2D eigenvalue weighted by molar-refractivity contribution is 5.78. The Kier molecular flexibility index (Phi) is 1.80. The standard InChI is InChI=1S/C13H9NO2/c1-8-3-2-4-11-13(8)16-12-7-9(15)5-6-10(12)14-11/h2-7H,1H3. The summed E-state index contributed by atoms with van der Waals surface area (Å²) in [6.45, 7) is 1.96. The number of benzene rings is 2. The number of hydrogen-bond acceptors (Lipinski definition) is 3. The van der Waals surface area contributed by atoms with Crippen molar-refractivity contribution in [3.05, 3.63) is 52.2 Å². The molecule has 0 N–H and O–H groups in total. The van der Waals surface area contributed by atoms with Crippen LogP contribution in [0.5, 0.6) is 0 Å². The Bertz CT molecular complexity index is 700. The molecule has 0 saturated carbocycles. The summed E-state index contributed by atoms with van der Waals surface area (Å²) in [6.07, 6.45) is 0. The van der Waals surface area contributed by atoms with Gasteiger partial charge in [-0.3, -0.25) is 4.79 Å². The van der Waals surface area contributed by atoms with Crippen LogP contribution in [-0.2, 0) is 0 Å². The normalized spacial score (nSPS) is 11.1. The molecule has 0 bridgehead atoms. The van der Waals surface area contributed by atoms with Gasteiger partial charge in [-0.05, 0) is 30.7 Å². The second kappa shape index (κ2) is 3.17. The lowest BCUT2D eigenvalue weighted by molar-refractivity contribution is 0.610. The van der Waals surface area contributed by atoms with Crippen LogP contribution in [0.1, 0.15) is 5.56 Å². The van der Waals surface area contributed by atoms with Gasteiger partial charge in [0, 0.05) is 6.07 Å². The van der Waals surface area contributed by atoms with Crippen molar-refractivity contribution in [3.8, 4) is 11.5 Å². The van der Waals surface area contributed by atoms with E-state index in [0.717, 1.165) is 16.7 Å². The van der Waals surface area contributed by atoms with E-state index in [1.54, 1.807) is 6.07 Å². The quantitative estimate of drug-likeness (QED) is 0.537. The number of hydrogen-bond donors (Lipinski definition) is 0. The van der Waals surface area contributed by atoms with Crippen LogP contribution in [0.3, 0.4) is 0 Å². The number of para-hydroxylation sites is 1. The average Bonchev–Trinajstić information content (AvgIpc) is 2.28. The fourth-order valence-corrected chi connectivity index (χ4v) is 1.77. The van der Waals surface area contributed by atoms with E-state index in [0.29, 0.717) is 11.5 Å². The molecule has 0 aromatic heterocycles. The summed E-state index contributed by atoms with van der Waals surface area (Å²) in [4.78, 5) is 15.7. The van der Waals surface area contributed by atoms with Crippen LogP contribution in [0.2, 0.25) is 0 Å². The molecule has 0 atom stereocenters. The lowest BCUT2D eigenvalue weighted by atomic mass is 10.2. The van der Waals surface area contributed by atoms with E-state index in [1.165, 1.54) is 12.1 Å². The van der Waals surface area contributed by atoms with Crippen LogP contribution in [0, 0.1) is 6.92 Å². The highest BCUT2D eigenvalue weighted by Gasteiger charge is 2.09. The third-order valence-corrected chi connectivity index (χ3v) is 2.58. The molecule has 1 aliphatic heterocycles. The Balaban J connectivity index is 2.51. The Morgan fingerprint density at radius 2 is 2.06 bits per heavy atom. The molecule has 1 aromatic rings. The van der Waals surface area contributed by atoms with Gasteiger partial charge in [-0.25, -0.2) is 4.98 Å². The predicted octanol–water partition coefficient (Wildman–Crippen LogP) is 2.60. The van der Waals surface area contributed by atoms with E-state index in [-0.39, 0.29) is 5.43 Å². The van der Waals surface area contributed by atoms with Crippen LogP contribution < -0.4 is 5.43 Å². The Morgan fingerprint density at radius 3 is 2.94 bits per heavy atom. The monoisotopic (exact) mass is 211 g/mol. The van der Waals surface area contributed by atoms with Crippen LogP contribution in [0.15, 0.2) is 45.6 Å². The topological polar surface area (TPSA) is 43.1 Å². The number of aromatic nitrogens is 1. The summed E-state index contributed by atoms with van der Waals surface area (Å²) >= 11 is 0. The van der Waals surface area contributed by atoms with Crippen LogP contribution in [0.4, 0.5) is 0 Å². The molecule has 1 aromatic carbocycles. The summed E-state index contributed by atoms with van der Waals surface area (Å²) in [5.74, 6) is 0.536. The third kappa shape index (κ3) is 1.29. The summed E-state index contributed by atoms with van der Waals surface area (Å²) in [5.41, 5.74) is 3.21. The van der Waals surface area contributed by atoms with Gasteiger partial charge in [-0.15, -0.1) is 0 Å². The van der Waals surface area contributed by atoms with Crippen LogP contribution >= 0.6 is 0 Å². The highest BCUT2D eigenvalue weighted by Crippen LogP contribution is 2.25. The van der Waals surface area contributed by atoms with E-state index in [1.807, 2.05) is 25.1 Å². The third-order valence-electron chi connectivity index (χ3n) is 2.58. The fraction of sp³-hybridized carbons (Fsp3) is 0.0769. The molecule has 16 heavy (non-hydrogen) atoms. The predicted molar refractivity (Wildman–Crippen MR) is 61.6 cm³/mol. The first-order valence-electron chi connectivity index (χ1n) is 5.04. The lowest BCUT2D eigenvalue weighted by Crippen LogP contribution is -1.99. The maximum absolute atomic E-state index is 11.2. The van der Waals surface area contributed by atoms with Crippen molar-refractivity contribution in [3.63, 3.8) is 0 Å². The van der Waals surface area contributed by atoms with Gasteiger partial charge in [0.05, 0.1) is 0 Å². The molecule has 0 radical (unpaired) electrons. The van der Waals surface area contributed by atoms with Crippen molar-refractivity contribution in [2.75, 3.05) is 0 Å². The largest absolute Gasteiger partial charge is 0.452 e. The minimum atomic E-state index is -0.0639. The van der Waals surface area contributed by atoms with Crippen LogP contribution in [0.25, 0.3) is 22.6 Å². The summed E-state index contributed by atoms with van der Waals surface area (Å²) < 4.78 is 5.70. The maximum Gasteiger partial charge on any atom is 0.182 e. The summed E-state index contributed by atoms with van der Waals surface area (Å²) in [5, 5.41) is 0. The molecule has 78 valence electrons. The Morgan fingerprint density at radius 1 is 1.19 bits per heavy atom. The van der Waals surface area contributed by atoms with Gasteiger partial charge in [-0.2, -0.15) is 0 Å². The molecule has 3 rings (SSSR count). The van der Waals surface area contributed by atoms with Gasteiger partial charge < -0.3 is 4.42 Å². The number of nitrogens with zero attached hydrogens (tertiary/aromatic N) is 1. The lowest BCUT2D eigenvalue weighted by Gasteiger charge is -2.06. The van der Waals surface area contributed by atoms with Crippen molar-refractivity contribution in [2.24, 2.45) is 0 Å². The Labute approximate surface area is 91.7 Å². The molecule has 0 amide bonds. The fourth-order valence-electron chi connectivity index (χ4n) is 1.77. The van der Waals surface area contributed by atoms with Gasteiger partial charge in [0.15, 0.2) is 16.8 Å². The first-order valence-corrected chi connectivity index (χ1v) is 5.04. The molecular formula is C13H9NO2. The molecule has 1 heterocycles. The molecular weight excluding hydrogens is 202 g/mol. The number of aryl methyl sites for hydroxylation is 1. The summed E-state index contributed by atoms with van der Waals surface area (Å²) in [7, 11) is 0. The van der Waals surface area contributed by atoms with E-state index < -0.39 is 0 Å². The van der Waals surface area contributed by atoms with E-state index in [9.17, 15) is 4.79 Å². The zero-order valence-electron chi connectivity index (χ0n) is 8.73. The van der Waals surface area contributed by atoms with E-state index in [4.69, 9.17) is 4.42 Å². The van der Waals surface area contributed by atoms with Crippen LogP contribution in [-0.4, -0.2) is 4.98 Å². The zero-order chi connectivity index (χ0) is 11.1. The summed E-state index contributed by atoms with van der Waals surface area (Å²) in [6, 6.07) is 10.4. The Hall–Kier alpha value is -2.16. The zero-order valence-corrected chi connectivity index (χ0v) is 8.73. The second-order valence-corrected chi connectivity index (χ2v) is 3.77. The van der Waals surface area contributed by atoms with E-state index in [2.05, 4.69) is 4.98 Å². The minimum Gasteiger partial charge on any atom is -0.452 e. The number of fused-ring (bicyclic) bond motifs is 2. The highest BCUT2D eigenvalue weighted by atomic mass is 16.3. The molecule has 0 unspecified atom stereocenters. The number of rotatable bonds is 0. The first-order chi connectivity index (χ1) is 7.74. The van der Waals surface area contributed by atoms with E-state index >= 15 is 0 Å². The van der Waals surface area contributed by atoms with Gasteiger partial charge in [0.1, 0.15) is 11.2 Å². The van der Waals surface area contributed by atoms with Crippen molar-refractivity contribution in [1.29, 1.82) is 0 Å². The first kappa shape index (κ1) is 9.09.